The van der Waals surface area contributed by atoms with Gasteiger partial charge in [0.15, 0.2) is 6.29 Å². The van der Waals surface area contributed by atoms with Crippen molar-refractivity contribution >= 4 is 29.3 Å². The largest absolute Gasteiger partial charge is 0.463 e. The molecule has 1 aliphatic rings. The molecule has 0 aliphatic carbocycles. The highest BCUT2D eigenvalue weighted by atomic mass is 16.6. The van der Waals surface area contributed by atoms with Gasteiger partial charge in [0.2, 0.25) is 0 Å². The summed E-state index contributed by atoms with van der Waals surface area (Å²) in [6.45, 7) is 6.99. The van der Waals surface area contributed by atoms with Crippen LogP contribution in [0.15, 0.2) is 115 Å². The molecule has 1 fully saturated rings. The van der Waals surface area contributed by atoms with Gasteiger partial charge in [0.25, 0.3) is 0 Å². The molecule has 10 heteroatoms. The normalized spacial score (nSPS) is 20.2. The maximum absolute atomic E-state index is 14.2. The molecular weight excluding hydrogens is 674 g/mol. The number of hydrogen-bond donors (Lipinski definition) is 0. The van der Waals surface area contributed by atoms with Crippen LogP contribution in [-0.4, -0.2) is 59.5 Å². The minimum absolute atomic E-state index is 0.152. The van der Waals surface area contributed by atoms with Gasteiger partial charge in [0.1, 0.15) is 42.7 Å². The number of fused-ring (bicyclic) bond motifs is 1. The van der Waals surface area contributed by atoms with Crippen molar-refractivity contribution < 1.29 is 42.8 Å². The molecule has 1 saturated heterocycles. The Kier molecular flexibility index (Phi) is 12.2. The van der Waals surface area contributed by atoms with Crippen molar-refractivity contribution in [1.29, 1.82) is 0 Å². The zero-order chi connectivity index (χ0) is 37.4. The summed E-state index contributed by atoms with van der Waals surface area (Å²) in [6.07, 6.45) is -4.61. The number of rotatable bonds is 13. The lowest BCUT2D eigenvalue weighted by atomic mass is 9.91. The summed E-state index contributed by atoms with van der Waals surface area (Å²) in [5.74, 6) is -0.507. The highest BCUT2D eigenvalue weighted by Crippen LogP contribution is 2.42. The summed E-state index contributed by atoms with van der Waals surface area (Å²) in [4.78, 5) is 39.5. The molecule has 0 saturated carbocycles. The van der Waals surface area contributed by atoms with Crippen LogP contribution in [0.1, 0.15) is 66.5 Å². The van der Waals surface area contributed by atoms with Gasteiger partial charge in [-0.3, -0.25) is 9.59 Å². The minimum Gasteiger partial charge on any atom is -0.463 e. The standard InChI is InChI=1S/C43H45NO9/c1-29(46)48-28-36-38(49-25-30-16-8-5-9-17-30)40(50-26-31-18-10-6-11-19-31)41(51-27-32-20-12-7-13-21-32)39(52-36)37-34(24-45)33-22-14-15-23-35(33)44(37)42(47)53-43(2,3)4/h5-24,36,38-41H,25-28H2,1-4H3/t36-,38-,39-,40+,41-/m1/s1. The van der Waals surface area contributed by atoms with Crippen LogP contribution in [0.4, 0.5) is 4.79 Å². The zero-order valence-corrected chi connectivity index (χ0v) is 30.4. The van der Waals surface area contributed by atoms with Crippen LogP contribution in [0.2, 0.25) is 0 Å². The van der Waals surface area contributed by atoms with Gasteiger partial charge in [0.05, 0.1) is 31.0 Å². The summed E-state index contributed by atoms with van der Waals surface area (Å²) in [6, 6.07) is 36.1. The van der Waals surface area contributed by atoms with E-state index >= 15 is 0 Å². The first kappa shape index (κ1) is 37.6. The first-order valence-electron chi connectivity index (χ1n) is 17.7. The van der Waals surface area contributed by atoms with Gasteiger partial charge in [-0.2, -0.15) is 0 Å². The van der Waals surface area contributed by atoms with Gasteiger partial charge in [-0.15, -0.1) is 0 Å². The number of carbonyl (C=O) groups is 3. The van der Waals surface area contributed by atoms with Gasteiger partial charge >= 0.3 is 12.1 Å². The SMILES string of the molecule is CC(=O)OC[C@H]1O[C@H](c2c(C=O)c3ccccc3n2C(=O)OC(C)(C)C)[C@@H](OCc2ccccc2)[C@@H](OCc2ccccc2)[C@@H]1OCc1ccccc1. The van der Waals surface area contributed by atoms with Gasteiger partial charge in [0, 0.05) is 17.9 Å². The fourth-order valence-electron chi connectivity index (χ4n) is 6.53. The van der Waals surface area contributed by atoms with Crippen molar-refractivity contribution in [2.24, 2.45) is 0 Å². The molecular formula is C43H45NO9. The second-order valence-corrected chi connectivity index (χ2v) is 13.9. The maximum atomic E-state index is 14.2. The number of aldehydes is 1. The molecule has 0 radical (unpaired) electrons. The van der Waals surface area contributed by atoms with E-state index in [-0.39, 0.29) is 37.7 Å². The van der Waals surface area contributed by atoms with Crippen LogP contribution in [0, 0.1) is 0 Å². The first-order chi connectivity index (χ1) is 25.6. The van der Waals surface area contributed by atoms with Crippen molar-refractivity contribution in [1.82, 2.24) is 4.57 Å². The van der Waals surface area contributed by atoms with E-state index in [1.807, 2.05) is 91.0 Å². The number of esters is 1. The van der Waals surface area contributed by atoms with E-state index in [2.05, 4.69) is 0 Å². The molecule has 0 unspecified atom stereocenters. The molecule has 53 heavy (non-hydrogen) atoms. The van der Waals surface area contributed by atoms with Crippen LogP contribution < -0.4 is 0 Å². The number of aromatic nitrogens is 1. The van der Waals surface area contributed by atoms with Crippen molar-refractivity contribution in [3.8, 4) is 0 Å². The maximum Gasteiger partial charge on any atom is 0.419 e. The molecule has 5 aromatic rings. The summed E-state index contributed by atoms with van der Waals surface area (Å²) in [5.41, 5.74) is 2.79. The van der Waals surface area contributed by atoms with E-state index < -0.39 is 48.2 Å². The van der Waals surface area contributed by atoms with Gasteiger partial charge < -0.3 is 28.4 Å². The fourth-order valence-corrected chi connectivity index (χ4v) is 6.53. The van der Waals surface area contributed by atoms with Gasteiger partial charge in [-0.05, 0) is 43.5 Å². The second-order valence-electron chi connectivity index (χ2n) is 13.9. The molecule has 4 aromatic carbocycles. The van der Waals surface area contributed by atoms with Crippen LogP contribution >= 0.6 is 0 Å². The lowest BCUT2D eigenvalue weighted by Crippen LogP contribution is -2.58. The zero-order valence-electron chi connectivity index (χ0n) is 30.4. The first-order valence-corrected chi connectivity index (χ1v) is 17.7. The molecule has 1 aromatic heterocycles. The third-order valence-electron chi connectivity index (χ3n) is 8.86. The molecule has 5 atom stereocenters. The van der Waals surface area contributed by atoms with Crippen molar-refractivity contribution in [3.63, 3.8) is 0 Å². The minimum atomic E-state index is -1.10. The molecule has 0 N–H and O–H groups in total. The topological polar surface area (TPSA) is 112 Å². The Hall–Kier alpha value is -5.13. The van der Waals surface area contributed by atoms with E-state index in [1.165, 1.54) is 11.5 Å². The quantitative estimate of drug-likeness (QED) is 0.0883. The van der Waals surface area contributed by atoms with E-state index in [9.17, 15) is 14.4 Å². The Morgan fingerprint density at radius 2 is 1.19 bits per heavy atom. The Balaban J connectivity index is 1.52. The third kappa shape index (κ3) is 9.27. The number of para-hydroxylation sites is 1. The Morgan fingerprint density at radius 3 is 1.70 bits per heavy atom. The molecule has 2 heterocycles. The number of nitrogens with zero attached hydrogens (tertiary/aromatic N) is 1. The Morgan fingerprint density at radius 1 is 0.698 bits per heavy atom. The molecule has 6 rings (SSSR count). The molecule has 0 amide bonds. The van der Waals surface area contributed by atoms with E-state index in [0.29, 0.717) is 10.9 Å². The van der Waals surface area contributed by atoms with E-state index in [1.54, 1.807) is 45.0 Å². The Bertz CT molecular complexity index is 1970. The number of ether oxygens (including phenoxy) is 6. The molecule has 0 spiro atoms. The predicted molar refractivity (Wildman–Crippen MR) is 198 cm³/mol. The van der Waals surface area contributed by atoms with Crippen LogP contribution in [-0.2, 0) is 53.0 Å². The predicted octanol–water partition coefficient (Wildman–Crippen LogP) is 8.00. The highest BCUT2D eigenvalue weighted by molar-refractivity contribution is 6.03. The number of hydrogen-bond acceptors (Lipinski definition) is 9. The van der Waals surface area contributed by atoms with Gasteiger partial charge in [-0.25, -0.2) is 9.36 Å². The van der Waals surface area contributed by atoms with Crippen LogP contribution in [0.25, 0.3) is 10.9 Å². The van der Waals surface area contributed by atoms with Crippen LogP contribution in [0.5, 0.6) is 0 Å². The molecule has 276 valence electrons. The second kappa shape index (κ2) is 17.1. The lowest BCUT2D eigenvalue weighted by Gasteiger charge is -2.46. The monoisotopic (exact) mass is 719 g/mol. The number of carbonyl (C=O) groups excluding carboxylic acids is 3. The number of benzene rings is 4. The van der Waals surface area contributed by atoms with Crippen molar-refractivity contribution in [2.45, 2.75) is 83.6 Å². The smallest absolute Gasteiger partial charge is 0.419 e. The lowest BCUT2D eigenvalue weighted by molar-refractivity contribution is -0.274. The molecule has 10 nitrogen and oxygen atoms in total. The summed E-state index contributed by atoms with van der Waals surface area (Å²) >= 11 is 0. The van der Waals surface area contributed by atoms with Crippen molar-refractivity contribution in [3.05, 3.63) is 143 Å². The highest BCUT2D eigenvalue weighted by Gasteiger charge is 2.51. The van der Waals surface area contributed by atoms with E-state index in [4.69, 9.17) is 28.4 Å². The summed E-state index contributed by atoms with van der Waals surface area (Å²) in [7, 11) is 0. The summed E-state index contributed by atoms with van der Waals surface area (Å²) < 4.78 is 40.0. The Labute approximate surface area is 309 Å². The van der Waals surface area contributed by atoms with Crippen LogP contribution in [0.3, 0.4) is 0 Å². The fraction of sp³-hybridized carbons (Fsp3) is 0.326. The average molecular weight is 720 g/mol. The average Bonchev–Trinajstić information content (AvgIpc) is 3.49. The van der Waals surface area contributed by atoms with E-state index in [0.717, 1.165) is 23.0 Å². The molecule has 1 aliphatic heterocycles. The van der Waals surface area contributed by atoms with Crippen molar-refractivity contribution in [2.75, 3.05) is 6.61 Å². The van der Waals surface area contributed by atoms with Gasteiger partial charge in [-0.1, -0.05) is 109 Å². The third-order valence-corrected chi connectivity index (χ3v) is 8.86. The summed E-state index contributed by atoms with van der Waals surface area (Å²) in [5, 5.41) is 0.537. The molecule has 0 bridgehead atoms.